The molecule has 1 aromatic heterocycles. The van der Waals surface area contributed by atoms with Crippen molar-refractivity contribution in [3.05, 3.63) is 46.2 Å². The van der Waals surface area contributed by atoms with Gasteiger partial charge in [0.1, 0.15) is 28.4 Å². The summed E-state index contributed by atoms with van der Waals surface area (Å²) in [6.07, 6.45) is 0.689. The zero-order chi connectivity index (χ0) is 20.9. The second-order valence-electron chi connectivity index (χ2n) is 7.15. The van der Waals surface area contributed by atoms with Crippen LogP contribution in [0.5, 0.6) is 5.75 Å². The maximum atomic E-state index is 12.9. The third-order valence-corrected chi connectivity index (χ3v) is 7.24. The molecule has 2 rings (SSSR count). The molecular weight excluding hydrogens is 403 g/mol. The number of nitrogens with zero attached hydrogens (tertiary/aromatic N) is 1. The van der Waals surface area contributed by atoms with Crippen molar-refractivity contribution < 1.29 is 22.3 Å². The molecule has 154 valence electrons. The van der Waals surface area contributed by atoms with Crippen molar-refractivity contribution in [3.63, 3.8) is 0 Å². The maximum Gasteiger partial charge on any atom is 0.238 e. The molecule has 0 saturated heterocycles. The van der Waals surface area contributed by atoms with Crippen LogP contribution in [0.3, 0.4) is 0 Å². The van der Waals surface area contributed by atoms with Gasteiger partial charge in [-0.3, -0.25) is 4.79 Å². The van der Waals surface area contributed by atoms with E-state index in [4.69, 9.17) is 4.74 Å². The number of halogens is 1. The van der Waals surface area contributed by atoms with Crippen LogP contribution in [0.4, 0.5) is 4.39 Å². The molecular formula is C19H25FN2O4S2. The summed E-state index contributed by atoms with van der Waals surface area (Å²) in [5.41, 5.74) is -0.0936. The number of amides is 1. The zero-order valence-electron chi connectivity index (χ0n) is 16.4. The van der Waals surface area contributed by atoms with Gasteiger partial charge >= 0.3 is 0 Å². The van der Waals surface area contributed by atoms with Gasteiger partial charge in [-0.2, -0.15) is 0 Å². The van der Waals surface area contributed by atoms with Crippen LogP contribution in [0.15, 0.2) is 29.6 Å². The fourth-order valence-electron chi connectivity index (χ4n) is 2.18. The normalized spacial score (nSPS) is 13.2. The van der Waals surface area contributed by atoms with Gasteiger partial charge in [0.2, 0.25) is 5.91 Å². The third kappa shape index (κ3) is 6.27. The van der Waals surface area contributed by atoms with Gasteiger partial charge < -0.3 is 10.1 Å². The Morgan fingerprint density at radius 2 is 1.96 bits per heavy atom. The first kappa shape index (κ1) is 22.3. The Balaban J connectivity index is 1.97. The van der Waals surface area contributed by atoms with E-state index in [0.29, 0.717) is 22.9 Å². The summed E-state index contributed by atoms with van der Waals surface area (Å²) in [5, 5.41) is 3.83. The van der Waals surface area contributed by atoms with Crippen LogP contribution in [0.2, 0.25) is 0 Å². The number of benzene rings is 1. The van der Waals surface area contributed by atoms with Crippen LogP contribution in [-0.4, -0.2) is 30.1 Å². The molecule has 1 heterocycles. The largest absolute Gasteiger partial charge is 0.486 e. The van der Waals surface area contributed by atoms with Gasteiger partial charge in [0.25, 0.3) is 0 Å². The number of ether oxygens (including phenoxy) is 1. The maximum absolute atomic E-state index is 12.9. The molecule has 0 bridgehead atoms. The van der Waals surface area contributed by atoms with Gasteiger partial charge in [0.15, 0.2) is 9.84 Å². The summed E-state index contributed by atoms with van der Waals surface area (Å²) in [5.74, 6) is -0.688. The molecule has 0 saturated carbocycles. The first-order valence-corrected chi connectivity index (χ1v) is 11.5. The Morgan fingerprint density at radius 3 is 2.57 bits per heavy atom. The molecule has 1 amide bonds. The second kappa shape index (κ2) is 9.00. The minimum Gasteiger partial charge on any atom is -0.486 e. The van der Waals surface area contributed by atoms with E-state index in [1.54, 1.807) is 5.38 Å². The highest BCUT2D eigenvalue weighted by molar-refractivity contribution is 7.92. The van der Waals surface area contributed by atoms with Gasteiger partial charge in [-0.05, 0) is 51.5 Å². The molecule has 0 fully saturated rings. The van der Waals surface area contributed by atoms with Crippen LogP contribution in [0, 0.1) is 5.82 Å². The topological polar surface area (TPSA) is 85.4 Å². The SMILES string of the molecule is CCC(C)(C)NC(=O)C(C)S(=O)(=O)Cc1csc(COc2ccc(F)cc2)n1. The minimum atomic E-state index is -3.70. The fraction of sp³-hybridized carbons (Fsp3) is 0.474. The zero-order valence-corrected chi connectivity index (χ0v) is 18.0. The lowest BCUT2D eigenvalue weighted by Crippen LogP contribution is -2.48. The van der Waals surface area contributed by atoms with Crippen molar-refractivity contribution in [2.24, 2.45) is 0 Å². The van der Waals surface area contributed by atoms with Gasteiger partial charge in [0.05, 0.1) is 11.4 Å². The molecule has 1 N–H and O–H groups in total. The Kier molecular flexibility index (Phi) is 7.16. The van der Waals surface area contributed by atoms with Crippen LogP contribution in [-0.2, 0) is 27.0 Å². The number of hydrogen-bond donors (Lipinski definition) is 1. The number of nitrogens with one attached hydrogen (secondary N) is 1. The third-order valence-electron chi connectivity index (χ3n) is 4.38. The molecule has 0 aliphatic carbocycles. The number of rotatable bonds is 9. The van der Waals surface area contributed by atoms with E-state index in [1.807, 2.05) is 20.8 Å². The Morgan fingerprint density at radius 1 is 1.32 bits per heavy atom. The highest BCUT2D eigenvalue weighted by Crippen LogP contribution is 2.19. The van der Waals surface area contributed by atoms with Crippen LogP contribution >= 0.6 is 11.3 Å². The summed E-state index contributed by atoms with van der Waals surface area (Å²) < 4.78 is 43.6. The van der Waals surface area contributed by atoms with Crippen molar-refractivity contribution in [2.45, 2.75) is 57.3 Å². The van der Waals surface area contributed by atoms with Crippen molar-refractivity contribution in [3.8, 4) is 5.75 Å². The Labute approximate surface area is 169 Å². The van der Waals surface area contributed by atoms with E-state index in [-0.39, 0.29) is 18.2 Å². The molecule has 0 aliphatic heterocycles. The molecule has 0 radical (unpaired) electrons. The number of thiazole rings is 1. The average Bonchev–Trinajstić information content (AvgIpc) is 3.06. The predicted molar refractivity (Wildman–Crippen MR) is 107 cm³/mol. The van der Waals surface area contributed by atoms with E-state index in [9.17, 15) is 17.6 Å². The van der Waals surface area contributed by atoms with E-state index in [1.165, 1.54) is 42.5 Å². The first-order valence-electron chi connectivity index (χ1n) is 8.87. The lowest BCUT2D eigenvalue weighted by atomic mass is 10.0. The molecule has 9 heteroatoms. The second-order valence-corrected chi connectivity index (χ2v) is 10.4. The molecule has 2 aromatic rings. The van der Waals surface area contributed by atoms with Gasteiger partial charge in [-0.15, -0.1) is 11.3 Å². The van der Waals surface area contributed by atoms with E-state index >= 15 is 0 Å². The van der Waals surface area contributed by atoms with Crippen molar-refractivity contribution in [2.75, 3.05) is 0 Å². The quantitative estimate of drug-likeness (QED) is 0.661. The summed E-state index contributed by atoms with van der Waals surface area (Å²) in [6.45, 7) is 7.15. The Hall–Kier alpha value is -2.00. The van der Waals surface area contributed by atoms with Crippen molar-refractivity contribution >= 4 is 27.1 Å². The average molecular weight is 429 g/mol. The molecule has 1 atom stereocenters. The molecule has 1 aromatic carbocycles. The number of sulfone groups is 1. The minimum absolute atomic E-state index is 0.150. The standard InChI is InChI=1S/C19H25FN2O4S2/c1-5-19(3,4)22-18(23)13(2)28(24,25)12-15-11-27-17(21-15)10-26-16-8-6-14(20)7-9-16/h6-9,11,13H,5,10,12H2,1-4H3,(H,22,23). The molecule has 0 aliphatic rings. The van der Waals surface area contributed by atoms with Crippen LogP contribution < -0.4 is 10.1 Å². The van der Waals surface area contributed by atoms with Gasteiger partial charge in [0, 0.05) is 10.9 Å². The fourth-order valence-corrected chi connectivity index (χ4v) is 4.18. The summed E-state index contributed by atoms with van der Waals surface area (Å²) in [4.78, 5) is 16.6. The lowest BCUT2D eigenvalue weighted by molar-refractivity contribution is -0.122. The molecule has 0 spiro atoms. The number of aromatic nitrogens is 1. The predicted octanol–water partition coefficient (Wildman–Crippen LogP) is 3.47. The summed E-state index contributed by atoms with van der Waals surface area (Å²) in [6, 6.07) is 5.60. The van der Waals surface area contributed by atoms with Crippen molar-refractivity contribution in [1.82, 2.24) is 10.3 Å². The van der Waals surface area contributed by atoms with Gasteiger partial charge in [-0.25, -0.2) is 17.8 Å². The molecule has 1 unspecified atom stereocenters. The monoisotopic (exact) mass is 428 g/mol. The van der Waals surface area contributed by atoms with Crippen LogP contribution in [0.1, 0.15) is 44.8 Å². The van der Waals surface area contributed by atoms with E-state index < -0.39 is 26.5 Å². The Bertz CT molecular complexity index is 908. The number of carbonyl (C=O) groups is 1. The van der Waals surface area contributed by atoms with E-state index in [2.05, 4.69) is 10.3 Å². The summed E-state index contributed by atoms with van der Waals surface area (Å²) >= 11 is 1.27. The molecule has 6 nitrogen and oxygen atoms in total. The lowest BCUT2D eigenvalue weighted by Gasteiger charge is -2.26. The van der Waals surface area contributed by atoms with E-state index in [0.717, 1.165) is 0 Å². The smallest absolute Gasteiger partial charge is 0.238 e. The molecule has 28 heavy (non-hydrogen) atoms. The van der Waals surface area contributed by atoms with Crippen LogP contribution in [0.25, 0.3) is 0 Å². The number of hydrogen-bond acceptors (Lipinski definition) is 6. The van der Waals surface area contributed by atoms with Gasteiger partial charge in [-0.1, -0.05) is 6.92 Å². The highest BCUT2D eigenvalue weighted by Gasteiger charge is 2.31. The summed E-state index contributed by atoms with van der Waals surface area (Å²) in [7, 11) is -3.70. The highest BCUT2D eigenvalue weighted by atomic mass is 32.2. The van der Waals surface area contributed by atoms with Crippen molar-refractivity contribution in [1.29, 1.82) is 0 Å². The number of carbonyl (C=O) groups excluding carboxylic acids is 1. The first-order chi connectivity index (χ1) is 13.0.